The predicted molar refractivity (Wildman–Crippen MR) is 92.5 cm³/mol. The molecule has 25 heavy (non-hydrogen) atoms. The van der Waals surface area contributed by atoms with Crippen LogP contribution in [0.1, 0.15) is 43.6 Å². The summed E-state index contributed by atoms with van der Waals surface area (Å²) in [5.74, 6) is -0.449. The van der Waals surface area contributed by atoms with E-state index in [4.69, 9.17) is 0 Å². The number of alkyl halides is 3. The number of halogens is 3. The molecule has 1 aliphatic heterocycles. The van der Waals surface area contributed by atoms with Crippen LogP contribution in [0, 0.1) is 11.3 Å². The van der Waals surface area contributed by atoms with Gasteiger partial charge in [0.1, 0.15) is 0 Å². The van der Waals surface area contributed by atoms with Crippen molar-refractivity contribution >= 4 is 0 Å². The normalized spacial score (nSPS) is 29.6. The Morgan fingerprint density at radius 2 is 1.76 bits per heavy atom. The molecule has 0 spiro atoms. The van der Waals surface area contributed by atoms with Crippen LogP contribution < -0.4 is 5.32 Å². The quantitative estimate of drug-likeness (QED) is 0.826. The first kappa shape index (κ1) is 17.3. The second kappa shape index (κ2) is 6.58. The summed E-state index contributed by atoms with van der Waals surface area (Å²) in [6.07, 6.45) is 0.154. The number of piperidine rings is 1. The first-order valence-corrected chi connectivity index (χ1v) is 9.53. The highest BCUT2D eigenvalue weighted by molar-refractivity contribution is 5.27. The molecule has 2 atom stereocenters. The van der Waals surface area contributed by atoms with Gasteiger partial charge in [0.2, 0.25) is 0 Å². The van der Waals surface area contributed by atoms with Crippen LogP contribution in [-0.4, -0.2) is 43.3 Å². The molecule has 1 aromatic rings. The summed E-state index contributed by atoms with van der Waals surface area (Å²) in [6, 6.07) is 11.2. The van der Waals surface area contributed by atoms with Crippen LogP contribution in [0.5, 0.6) is 0 Å². The summed E-state index contributed by atoms with van der Waals surface area (Å²) < 4.78 is 38.3. The van der Waals surface area contributed by atoms with Gasteiger partial charge in [-0.3, -0.25) is 0 Å². The summed E-state index contributed by atoms with van der Waals surface area (Å²) >= 11 is 0. The van der Waals surface area contributed by atoms with Gasteiger partial charge in [-0.2, -0.15) is 13.2 Å². The zero-order valence-electron chi connectivity index (χ0n) is 14.6. The van der Waals surface area contributed by atoms with Gasteiger partial charge in [-0.1, -0.05) is 30.3 Å². The van der Waals surface area contributed by atoms with Gasteiger partial charge in [0.05, 0.1) is 5.92 Å². The molecular weight excluding hydrogens is 325 g/mol. The summed E-state index contributed by atoms with van der Waals surface area (Å²) in [7, 11) is 0. The zero-order valence-corrected chi connectivity index (χ0v) is 14.6. The number of likely N-dealkylation sites (tertiary alicyclic amines) is 1. The number of hydrogen-bond acceptors (Lipinski definition) is 2. The third-order valence-electron chi connectivity index (χ3n) is 6.32. The number of nitrogens with one attached hydrogen (secondary N) is 1. The Morgan fingerprint density at radius 3 is 2.36 bits per heavy atom. The van der Waals surface area contributed by atoms with Crippen molar-refractivity contribution in [2.45, 2.75) is 50.2 Å². The Hall–Kier alpha value is -1.07. The van der Waals surface area contributed by atoms with E-state index in [-0.39, 0.29) is 12.8 Å². The van der Waals surface area contributed by atoms with E-state index < -0.39 is 12.1 Å². The fourth-order valence-corrected chi connectivity index (χ4v) is 4.30. The Bertz CT molecular complexity index is 574. The average molecular weight is 352 g/mol. The van der Waals surface area contributed by atoms with Gasteiger partial charge in [0.25, 0.3) is 0 Å². The lowest BCUT2D eigenvalue weighted by Crippen LogP contribution is -2.43. The Kier molecular flexibility index (Phi) is 4.57. The second-order valence-corrected chi connectivity index (χ2v) is 8.33. The fourth-order valence-electron chi connectivity index (χ4n) is 4.30. The molecule has 5 heteroatoms. The smallest absolute Gasteiger partial charge is 0.313 e. The van der Waals surface area contributed by atoms with Gasteiger partial charge in [-0.05, 0) is 56.2 Å². The van der Waals surface area contributed by atoms with Gasteiger partial charge < -0.3 is 10.2 Å². The summed E-state index contributed by atoms with van der Waals surface area (Å²) in [5.41, 5.74) is 1.73. The maximum atomic E-state index is 12.8. The minimum Gasteiger partial charge on any atom is -0.313 e. The Morgan fingerprint density at radius 1 is 1.08 bits per heavy atom. The zero-order chi connectivity index (χ0) is 17.5. The summed E-state index contributed by atoms with van der Waals surface area (Å²) in [5, 5.41) is 3.72. The molecule has 1 saturated heterocycles. The molecule has 0 aromatic heterocycles. The van der Waals surface area contributed by atoms with Gasteiger partial charge in [-0.25, -0.2) is 0 Å². The molecule has 2 saturated carbocycles. The lowest BCUT2D eigenvalue weighted by Gasteiger charge is -2.35. The largest absolute Gasteiger partial charge is 0.391 e. The highest BCUT2D eigenvalue weighted by Gasteiger charge is 2.48. The number of nitrogens with zero attached hydrogens (tertiary/aromatic N) is 1. The van der Waals surface area contributed by atoms with E-state index >= 15 is 0 Å². The number of rotatable bonds is 6. The van der Waals surface area contributed by atoms with Gasteiger partial charge in [0.15, 0.2) is 0 Å². The minimum absolute atomic E-state index is 0.270. The lowest BCUT2D eigenvalue weighted by molar-refractivity contribution is -0.185. The molecule has 0 radical (unpaired) electrons. The minimum atomic E-state index is -4.01. The van der Waals surface area contributed by atoms with Crippen molar-refractivity contribution in [1.29, 1.82) is 0 Å². The molecule has 1 N–H and O–H groups in total. The highest BCUT2D eigenvalue weighted by atomic mass is 19.4. The first-order chi connectivity index (χ1) is 12.0. The molecule has 2 aliphatic carbocycles. The molecule has 0 amide bonds. The molecule has 2 nitrogen and oxygen atoms in total. The van der Waals surface area contributed by atoms with E-state index in [0.29, 0.717) is 30.5 Å². The molecule has 3 fully saturated rings. The molecule has 138 valence electrons. The topological polar surface area (TPSA) is 15.3 Å². The van der Waals surface area contributed by atoms with Crippen molar-refractivity contribution in [2.75, 3.05) is 26.2 Å². The van der Waals surface area contributed by atoms with E-state index in [1.807, 2.05) is 0 Å². The SMILES string of the molecule is FC(F)(F)C1CCN(CC2(CNC3CC3c3ccccc3)CC2)CC1. The molecule has 3 aliphatic rings. The van der Waals surface area contributed by atoms with Crippen LogP contribution in [0.2, 0.25) is 0 Å². The number of hydrogen-bond donors (Lipinski definition) is 1. The van der Waals surface area contributed by atoms with E-state index in [0.717, 1.165) is 13.1 Å². The first-order valence-electron chi connectivity index (χ1n) is 9.53. The third-order valence-corrected chi connectivity index (χ3v) is 6.32. The molecular formula is C20H27F3N2. The summed E-state index contributed by atoms with van der Waals surface area (Å²) in [4.78, 5) is 2.26. The Balaban J connectivity index is 1.21. The van der Waals surface area contributed by atoms with Crippen molar-refractivity contribution < 1.29 is 13.2 Å². The van der Waals surface area contributed by atoms with E-state index in [1.54, 1.807) is 0 Å². The maximum absolute atomic E-state index is 12.8. The average Bonchev–Trinajstić information content (AvgIpc) is 3.50. The van der Waals surface area contributed by atoms with E-state index in [9.17, 15) is 13.2 Å². The van der Waals surface area contributed by atoms with Gasteiger partial charge in [0, 0.05) is 25.0 Å². The Labute approximate surface area is 147 Å². The molecule has 1 heterocycles. The molecule has 2 unspecified atom stereocenters. The van der Waals surface area contributed by atoms with Crippen LogP contribution in [0.15, 0.2) is 30.3 Å². The van der Waals surface area contributed by atoms with Crippen LogP contribution in [0.3, 0.4) is 0 Å². The van der Waals surface area contributed by atoms with E-state index in [2.05, 4.69) is 40.5 Å². The van der Waals surface area contributed by atoms with Crippen LogP contribution in [0.4, 0.5) is 13.2 Å². The van der Waals surface area contributed by atoms with Gasteiger partial charge in [-0.15, -0.1) is 0 Å². The van der Waals surface area contributed by atoms with E-state index in [1.165, 1.54) is 24.8 Å². The number of benzene rings is 1. The lowest BCUT2D eigenvalue weighted by atomic mass is 9.95. The van der Waals surface area contributed by atoms with Gasteiger partial charge >= 0.3 is 6.18 Å². The van der Waals surface area contributed by atoms with Crippen molar-refractivity contribution in [1.82, 2.24) is 10.2 Å². The van der Waals surface area contributed by atoms with Crippen molar-refractivity contribution in [3.05, 3.63) is 35.9 Å². The van der Waals surface area contributed by atoms with Crippen LogP contribution in [0.25, 0.3) is 0 Å². The monoisotopic (exact) mass is 352 g/mol. The fraction of sp³-hybridized carbons (Fsp3) is 0.700. The summed E-state index contributed by atoms with van der Waals surface area (Å²) in [6.45, 7) is 3.18. The van der Waals surface area contributed by atoms with Crippen molar-refractivity contribution in [3.63, 3.8) is 0 Å². The predicted octanol–water partition coefficient (Wildman–Crippen LogP) is 4.19. The van der Waals surface area contributed by atoms with Crippen molar-refractivity contribution in [2.24, 2.45) is 11.3 Å². The maximum Gasteiger partial charge on any atom is 0.391 e. The van der Waals surface area contributed by atoms with Crippen LogP contribution in [-0.2, 0) is 0 Å². The molecule has 1 aromatic carbocycles. The molecule has 0 bridgehead atoms. The third kappa shape index (κ3) is 4.20. The highest BCUT2D eigenvalue weighted by Crippen LogP contribution is 2.48. The second-order valence-electron chi connectivity index (χ2n) is 8.33. The standard InChI is InChI=1S/C20H27F3N2/c21-20(22,23)16-6-10-25(11-7-16)14-19(8-9-19)13-24-18-12-17(18)15-4-2-1-3-5-15/h1-5,16-18,24H,6-14H2. The van der Waals surface area contributed by atoms with Crippen LogP contribution >= 0.6 is 0 Å². The molecule has 4 rings (SSSR count). The van der Waals surface area contributed by atoms with Crippen molar-refractivity contribution in [3.8, 4) is 0 Å².